The molecule has 1 aromatic carbocycles. The van der Waals surface area contributed by atoms with E-state index in [0.717, 1.165) is 12.1 Å². The van der Waals surface area contributed by atoms with Gasteiger partial charge in [-0.25, -0.2) is 4.79 Å². The van der Waals surface area contributed by atoms with Crippen LogP contribution in [0.3, 0.4) is 0 Å². The van der Waals surface area contributed by atoms with Gasteiger partial charge in [0.15, 0.2) is 0 Å². The predicted molar refractivity (Wildman–Crippen MR) is 49.5 cm³/mol. The molecule has 16 heavy (non-hydrogen) atoms. The van der Waals surface area contributed by atoms with Gasteiger partial charge in [0.25, 0.3) is 0 Å². The van der Waals surface area contributed by atoms with Crippen LogP contribution in [0, 0.1) is 0 Å². The third-order valence-corrected chi connectivity index (χ3v) is 1.93. The van der Waals surface area contributed by atoms with Crippen LogP contribution in [-0.2, 0) is 6.42 Å². The number of hydrogen-bond acceptors (Lipinski definition) is 2. The molecule has 0 aliphatic carbocycles. The number of ether oxygens (including phenoxy) is 1. The summed E-state index contributed by atoms with van der Waals surface area (Å²) in [5.74, 6) is -1.80. The van der Waals surface area contributed by atoms with Gasteiger partial charge >= 0.3 is 12.3 Å². The molecule has 0 unspecified atom stereocenters. The summed E-state index contributed by atoms with van der Waals surface area (Å²) < 4.78 is 39.3. The van der Waals surface area contributed by atoms with E-state index >= 15 is 0 Å². The van der Waals surface area contributed by atoms with Crippen molar-refractivity contribution in [2.45, 2.75) is 19.7 Å². The lowest BCUT2D eigenvalue weighted by molar-refractivity contribution is -0.274. The van der Waals surface area contributed by atoms with Gasteiger partial charge in [-0.2, -0.15) is 0 Å². The van der Waals surface area contributed by atoms with Gasteiger partial charge in [0.05, 0.1) is 5.56 Å². The molecule has 0 aliphatic heterocycles. The molecule has 0 bridgehead atoms. The monoisotopic (exact) mass is 234 g/mol. The van der Waals surface area contributed by atoms with E-state index in [4.69, 9.17) is 5.11 Å². The van der Waals surface area contributed by atoms with Gasteiger partial charge in [0.2, 0.25) is 0 Å². The molecule has 0 saturated carbocycles. The first-order valence-corrected chi connectivity index (χ1v) is 4.45. The molecule has 0 fully saturated rings. The van der Waals surface area contributed by atoms with Crippen LogP contribution < -0.4 is 4.74 Å². The number of aromatic carboxylic acids is 1. The summed E-state index contributed by atoms with van der Waals surface area (Å²) in [4.78, 5) is 10.8. The Morgan fingerprint density at radius 2 is 2.06 bits per heavy atom. The van der Waals surface area contributed by atoms with Gasteiger partial charge in [-0.05, 0) is 24.1 Å². The van der Waals surface area contributed by atoms with Crippen molar-refractivity contribution >= 4 is 5.97 Å². The Bertz CT molecular complexity index is 399. The summed E-state index contributed by atoms with van der Waals surface area (Å²) in [6.07, 6.45) is -4.39. The van der Waals surface area contributed by atoms with Crippen LogP contribution in [0.1, 0.15) is 22.8 Å². The molecule has 0 aromatic heterocycles. The summed E-state index contributed by atoms with van der Waals surface area (Å²) >= 11 is 0. The Morgan fingerprint density at radius 1 is 1.44 bits per heavy atom. The van der Waals surface area contributed by atoms with Crippen molar-refractivity contribution in [2.75, 3.05) is 0 Å². The van der Waals surface area contributed by atoms with Crippen LogP contribution in [-0.4, -0.2) is 17.4 Å². The molecule has 0 aliphatic rings. The van der Waals surface area contributed by atoms with Crippen LogP contribution in [0.25, 0.3) is 0 Å². The van der Waals surface area contributed by atoms with Gasteiger partial charge in [0.1, 0.15) is 5.75 Å². The fourth-order valence-corrected chi connectivity index (χ4v) is 1.26. The van der Waals surface area contributed by atoms with Crippen molar-refractivity contribution in [2.24, 2.45) is 0 Å². The average Bonchev–Trinajstić information content (AvgIpc) is 2.15. The zero-order chi connectivity index (χ0) is 12.3. The van der Waals surface area contributed by atoms with E-state index in [9.17, 15) is 18.0 Å². The molecule has 0 amide bonds. The average molecular weight is 234 g/mol. The van der Waals surface area contributed by atoms with Crippen molar-refractivity contribution in [1.29, 1.82) is 0 Å². The Labute approximate surface area is 89.5 Å². The highest BCUT2D eigenvalue weighted by Crippen LogP contribution is 2.25. The van der Waals surface area contributed by atoms with E-state index in [0.29, 0.717) is 12.0 Å². The Kier molecular flexibility index (Phi) is 3.41. The van der Waals surface area contributed by atoms with Crippen molar-refractivity contribution in [3.8, 4) is 5.75 Å². The van der Waals surface area contributed by atoms with Crippen LogP contribution in [0.2, 0.25) is 0 Å². The lowest BCUT2D eigenvalue weighted by atomic mass is 10.1. The van der Waals surface area contributed by atoms with Crippen molar-refractivity contribution in [1.82, 2.24) is 0 Å². The van der Waals surface area contributed by atoms with E-state index in [2.05, 4.69) is 4.74 Å². The number of benzene rings is 1. The zero-order valence-electron chi connectivity index (χ0n) is 8.34. The van der Waals surface area contributed by atoms with Gasteiger partial charge < -0.3 is 9.84 Å². The Hall–Kier alpha value is -1.72. The molecule has 0 heterocycles. The van der Waals surface area contributed by atoms with E-state index in [1.54, 1.807) is 6.92 Å². The summed E-state index contributed by atoms with van der Waals surface area (Å²) in [5.41, 5.74) is 0.284. The second-order valence-corrected chi connectivity index (χ2v) is 3.03. The maximum Gasteiger partial charge on any atom is 0.573 e. The lowest BCUT2D eigenvalue weighted by Crippen LogP contribution is -2.17. The minimum atomic E-state index is -4.82. The summed E-state index contributed by atoms with van der Waals surface area (Å²) in [5, 5.41) is 8.78. The second kappa shape index (κ2) is 4.42. The first-order chi connectivity index (χ1) is 7.33. The normalized spacial score (nSPS) is 11.2. The molecule has 1 aromatic rings. The van der Waals surface area contributed by atoms with Gasteiger partial charge in [-0.15, -0.1) is 13.2 Å². The standard InChI is InChI=1S/C10H9F3O3/c1-2-6-3-4-7(16-10(11,12)13)5-8(6)9(14)15/h3-5H,2H2,1H3,(H,14,15). The highest BCUT2D eigenvalue weighted by molar-refractivity contribution is 5.89. The van der Waals surface area contributed by atoms with Crippen LogP contribution in [0.15, 0.2) is 18.2 Å². The first-order valence-electron chi connectivity index (χ1n) is 4.45. The predicted octanol–water partition coefficient (Wildman–Crippen LogP) is 2.85. The minimum Gasteiger partial charge on any atom is -0.478 e. The topological polar surface area (TPSA) is 46.5 Å². The quantitative estimate of drug-likeness (QED) is 0.874. The molecule has 0 spiro atoms. The number of carbonyl (C=O) groups is 1. The molecular weight excluding hydrogens is 225 g/mol. The highest BCUT2D eigenvalue weighted by atomic mass is 19.4. The summed E-state index contributed by atoms with van der Waals surface area (Å²) in [6, 6.07) is 3.28. The van der Waals surface area contributed by atoms with Crippen molar-refractivity contribution < 1.29 is 27.8 Å². The number of carboxylic acid groups (broad SMARTS) is 1. The fraction of sp³-hybridized carbons (Fsp3) is 0.300. The number of alkyl halides is 3. The molecule has 1 N–H and O–H groups in total. The van der Waals surface area contributed by atoms with Crippen LogP contribution >= 0.6 is 0 Å². The summed E-state index contributed by atoms with van der Waals surface area (Å²) in [6.45, 7) is 1.71. The fourth-order valence-electron chi connectivity index (χ4n) is 1.26. The highest BCUT2D eigenvalue weighted by Gasteiger charge is 2.31. The molecule has 0 saturated heterocycles. The Balaban J connectivity index is 3.07. The molecule has 3 nitrogen and oxygen atoms in total. The maximum atomic E-state index is 11.9. The molecule has 0 atom stereocenters. The van der Waals surface area contributed by atoms with E-state index in [1.807, 2.05) is 0 Å². The number of aryl methyl sites for hydroxylation is 1. The van der Waals surface area contributed by atoms with E-state index in [-0.39, 0.29) is 5.56 Å². The number of hydrogen-bond donors (Lipinski definition) is 1. The minimum absolute atomic E-state index is 0.177. The lowest BCUT2D eigenvalue weighted by Gasteiger charge is -2.10. The largest absolute Gasteiger partial charge is 0.573 e. The SMILES string of the molecule is CCc1ccc(OC(F)(F)F)cc1C(=O)O. The van der Waals surface area contributed by atoms with Crippen LogP contribution in [0.5, 0.6) is 5.75 Å². The first kappa shape index (κ1) is 12.4. The van der Waals surface area contributed by atoms with Crippen molar-refractivity contribution in [3.63, 3.8) is 0 Å². The van der Waals surface area contributed by atoms with Gasteiger partial charge in [-0.3, -0.25) is 0 Å². The van der Waals surface area contributed by atoms with Gasteiger partial charge in [0, 0.05) is 0 Å². The summed E-state index contributed by atoms with van der Waals surface area (Å²) in [7, 11) is 0. The third kappa shape index (κ3) is 3.15. The number of carboxylic acids is 1. The number of halogens is 3. The molecular formula is C10H9F3O3. The smallest absolute Gasteiger partial charge is 0.478 e. The maximum absolute atomic E-state index is 11.9. The van der Waals surface area contributed by atoms with E-state index in [1.165, 1.54) is 6.07 Å². The third-order valence-electron chi connectivity index (χ3n) is 1.93. The number of rotatable bonds is 3. The zero-order valence-corrected chi connectivity index (χ0v) is 8.34. The molecule has 0 radical (unpaired) electrons. The van der Waals surface area contributed by atoms with Crippen molar-refractivity contribution in [3.05, 3.63) is 29.3 Å². The molecule has 1 rings (SSSR count). The van der Waals surface area contributed by atoms with Gasteiger partial charge in [-0.1, -0.05) is 13.0 Å². The van der Waals surface area contributed by atoms with E-state index < -0.39 is 18.1 Å². The molecule has 6 heteroatoms. The second-order valence-electron chi connectivity index (χ2n) is 3.03. The van der Waals surface area contributed by atoms with Crippen LogP contribution in [0.4, 0.5) is 13.2 Å². The Morgan fingerprint density at radius 3 is 2.50 bits per heavy atom. The molecule has 88 valence electrons.